The monoisotopic (exact) mass is 226 g/mol. The van der Waals surface area contributed by atoms with Crippen LogP contribution in [0.5, 0.6) is 0 Å². The van der Waals surface area contributed by atoms with E-state index in [1.807, 2.05) is 19.1 Å². The molecule has 2 heterocycles. The lowest BCUT2D eigenvalue weighted by molar-refractivity contribution is 0.101. The number of H-pyrrole nitrogens is 1. The first-order chi connectivity index (χ1) is 8.15. The molecule has 2 aromatic rings. The lowest BCUT2D eigenvalue weighted by Crippen LogP contribution is -1.95. The zero-order valence-corrected chi connectivity index (χ0v) is 9.48. The Morgan fingerprint density at radius 2 is 2.29 bits per heavy atom. The van der Waals surface area contributed by atoms with E-state index >= 15 is 0 Å². The Morgan fingerprint density at radius 1 is 1.53 bits per heavy atom. The summed E-state index contributed by atoms with van der Waals surface area (Å²) in [6.45, 7) is 3.23. The minimum absolute atomic E-state index is 0.207. The smallest absolute Gasteiger partial charge is 0.178 e. The summed E-state index contributed by atoms with van der Waals surface area (Å²) >= 11 is 0. The van der Waals surface area contributed by atoms with E-state index in [9.17, 15) is 4.79 Å². The van der Waals surface area contributed by atoms with E-state index in [2.05, 4.69) is 15.2 Å². The Hall–Kier alpha value is -2.48. The molecule has 0 saturated heterocycles. The molecule has 2 aromatic heterocycles. The van der Waals surface area contributed by atoms with Crippen molar-refractivity contribution >= 4 is 5.78 Å². The molecule has 5 nitrogen and oxygen atoms in total. The lowest BCUT2D eigenvalue weighted by Gasteiger charge is -2.00. The lowest BCUT2D eigenvalue weighted by atomic mass is 10.0. The van der Waals surface area contributed by atoms with Crippen molar-refractivity contribution in [2.75, 3.05) is 0 Å². The molecule has 0 spiro atoms. The third-order valence-corrected chi connectivity index (χ3v) is 2.49. The number of rotatable bonds is 2. The number of aryl methyl sites for hydroxylation is 1. The number of hydrogen-bond acceptors (Lipinski definition) is 4. The molecule has 5 heteroatoms. The minimum Gasteiger partial charge on any atom is -0.293 e. The summed E-state index contributed by atoms with van der Waals surface area (Å²) in [6.07, 6.45) is 1.67. The number of carbonyl (C=O) groups excluding carboxylic acids is 1. The van der Waals surface area contributed by atoms with Gasteiger partial charge in [-0.05, 0) is 19.1 Å². The van der Waals surface area contributed by atoms with Gasteiger partial charge in [0, 0.05) is 24.4 Å². The predicted molar refractivity (Wildman–Crippen MR) is 61.3 cm³/mol. The fourth-order valence-corrected chi connectivity index (χ4v) is 1.64. The van der Waals surface area contributed by atoms with E-state index in [1.54, 1.807) is 12.3 Å². The van der Waals surface area contributed by atoms with Crippen LogP contribution in [0.2, 0.25) is 0 Å². The summed E-state index contributed by atoms with van der Waals surface area (Å²) in [4.78, 5) is 15.5. The van der Waals surface area contributed by atoms with Crippen LogP contribution in [-0.2, 0) is 0 Å². The zero-order valence-electron chi connectivity index (χ0n) is 9.48. The fourth-order valence-electron chi connectivity index (χ4n) is 1.64. The second-order valence-electron chi connectivity index (χ2n) is 3.63. The van der Waals surface area contributed by atoms with E-state index in [1.165, 1.54) is 6.92 Å². The molecule has 17 heavy (non-hydrogen) atoms. The highest BCUT2D eigenvalue weighted by Gasteiger charge is 2.18. The molecule has 0 radical (unpaired) electrons. The summed E-state index contributed by atoms with van der Waals surface area (Å²) in [5, 5.41) is 15.7. The topological polar surface area (TPSA) is 82.4 Å². The van der Waals surface area contributed by atoms with Crippen LogP contribution in [0.4, 0.5) is 0 Å². The predicted octanol–water partition coefficient (Wildman–Crippen LogP) is 1.85. The van der Waals surface area contributed by atoms with Crippen LogP contribution in [0, 0.1) is 18.3 Å². The standard InChI is InChI=1S/C12H10N4O/c1-7-9(4-3-5-14-7)12-10(6-13)11(8(2)17)15-16-12/h3-5H,1-2H3,(H,15,16). The van der Waals surface area contributed by atoms with Gasteiger partial charge in [0.15, 0.2) is 5.78 Å². The number of ketones is 1. The van der Waals surface area contributed by atoms with Crippen molar-refractivity contribution in [2.24, 2.45) is 0 Å². The van der Waals surface area contributed by atoms with Crippen molar-refractivity contribution in [2.45, 2.75) is 13.8 Å². The summed E-state index contributed by atoms with van der Waals surface area (Å²) in [5.74, 6) is -0.207. The van der Waals surface area contributed by atoms with Gasteiger partial charge in [0.2, 0.25) is 0 Å². The normalized spacial score (nSPS) is 9.94. The molecule has 0 amide bonds. The van der Waals surface area contributed by atoms with Crippen molar-refractivity contribution < 1.29 is 4.79 Å². The van der Waals surface area contributed by atoms with Crippen LogP contribution in [0.1, 0.15) is 28.7 Å². The average Bonchev–Trinajstić information content (AvgIpc) is 2.73. The Kier molecular flexibility index (Phi) is 2.71. The van der Waals surface area contributed by atoms with Crippen molar-refractivity contribution in [3.8, 4) is 17.3 Å². The maximum absolute atomic E-state index is 11.3. The van der Waals surface area contributed by atoms with Gasteiger partial charge in [0.25, 0.3) is 0 Å². The first-order valence-corrected chi connectivity index (χ1v) is 5.06. The van der Waals surface area contributed by atoms with Gasteiger partial charge in [-0.1, -0.05) is 0 Å². The van der Waals surface area contributed by atoms with Crippen molar-refractivity contribution in [3.63, 3.8) is 0 Å². The summed E-state index contributed by atoms with van der Waals surface area (Å²) in [5.41, 5.74) is 2.51. The molecule has 0 aliphatic heterocycles. The highest BCUT2D eigenvalue weighted by Crippen LogP contribution is 2.25. The minimum atomic E-state index is -0.207. The zero-order chi connectivity index (χ0) is 12.4. The summed E-state index contributed by atoms with van der Waals surface area (Å²) < 4.78 is 0. The Bertz CT molecular complexity index is 622. The van der Waals surface area contributed by atoms with Gasteiger partial charge in [0.1, 0.15) is 23.0 Å². The van der Waals surface area contributed by atoms with Crippen LogP contribution < -0.4 is 0 Å². The molecule has 0 aliphatic carbocycles. The van der Waals surface area contributed by atoms with Gasteiger partial charge in [-0.3, -0.25) is 14.9 Å². The van der Waals surface area contributed by atoms with Gasteiger partial charge in [0.05, 0.1) is 0 Å². The highest BCUT2D eigenvalue weighted by molar-refractivity contribution is 5.96. The Balaban J connectivity index is 2.66. The SMILES string of the molecule is CC(=O)c1[nH]nc(-c2cccnc2C)c1C#N. The molecule has 0 aromatic carbocycles. The number of nitrogens with one attached hydrogen (secondary N) is 1. The van der Waals surface area contributed by atoms with Crippen molar-refractivity contribution in [3.05, 3.63) is 35.3 Å². The Labute approximate surface area is 98.1 Å². The molecule has 0 saturated carbocycles. The van der Waals surface area contributed by atoms with Crippen LogP contribution in [-0.4, -0.2) is 21.0 Å². The third kappa shape index (κ3) is 1.81. The number of hydrogen-bond donors (Lipinski definition) is 1. The number of pyridine rings is 1. The summed E-state index contributed by atoms with van der Waals surface area (Å²) in [7, 11) is 0. The molecule has 2 rings (SSSR count). The molecule has 0 unspecified atom stereocenters. The largest absolute Gasteiger partial charge is 0.293 e. The molecule has 0 bridgehead atoms. The van der Waals surface area contributed by atoms with Gasteiger partial charge >= 0.3 is 0 Å². The maximum Gasteiger partial charge on any atom is 0.178 e. The fraction of sp³-hybridized carbons (Fsp3) is 0.167. The van der Waals surface area contributed by atoms with Crippen LogP contribution in [0.15, 0.2) is 18.3 Å². The molecular formula is C12H10N4O. The highest BCUT2D eigenvalue weighted by atomic mass is 16.1. The molecule has 0 atom stereocenters. The van der Waals surface area contributed by atoms with Crippen LogP contribution in [0.3, 0.4) is 0 Å². The number of nitrogens with zero attached hydrogens (tertiary/aromatic N) is 3. The number of nitriles is 1. The van der Waals surface area contributed by atoms with Crippen molar-refractivity contribution in [1.29, 1.82) is 5.26 Å². The van der Waals surface area contributed by atoms with Gasteiger partial charge in [-0.2, -0.15) is 10.4 Å². The maximum atomic E-state index is 11.3. The number of Topliss-reactive ketones (excluding diaryl/α,β-unsaturated/α-hetero) is 1. The number of aromatic nitrogens is 3. The van der Waals surface area contributed by atoms with Gasteiger partial charge in [-0.25, -0.2) is 0 Å². The summed E-state index contributed by atoms with van der Waals surface area (Å²) in [6, 6.07) is 5.60. The first kappa shape index (κ1) is 11.0. The van der Waals surface area contributed by atoms with Crippen LogP contribution in [0.25, 0.3) is 11.3 Å². The number of carbonyl (C=O) groups is 1. The third-order valence-electron chi connectivity index (χ3n) is 2.49. The van der Waals surface area contributed by atoms with E-state index in [4.69, 9.17) is 5.26 Å². The quantitative estimate of drug-likeness (QED) is 0.792. The molecule has 0 aliphatic rings. The van der Waals surface area contributed by atoms with E-state index in [0.717, 1.165) is 11.3 Å². The molecule has 0 fully saturated rings. The molecular weight excluding hydrogens is 216 g/mol. The second kappa shape index (κ2) is 4.18. The molecule has 1 N–H and O–H groups in total. The Morgan fingerprint density at radius 3 is 2.88 bits per heavy atom. The van der Waals surface area contributed by atoms with E-state index < -0.39 is 0 Å². The van der Waals surface area contributed by atoms with Gasteiger partial charge < -0.3 is 0 Å². The van der Waals surface area contributed by atoms with Gasteiger partial charge in [-0.15, -0.1) is 0 Å². The van der Waals surface area contributed by atoms with E-state index in [0.29, 0.717) is 5.69 Å². The van der Waals surface area contributed by atoms with Crippen LogP contribution >= 0.6 is 0 Å². The number of aromatic amines is 1. The second-order valence-corrected chi connectivity index (χ2v) is 3.63. The first-order valence-electron chi connectivity index (χ1n) is 5.06. The average molecular weight is 226 g/mol. The van der Waals surface area contributed by atoms with E-state index in [-0.39, 0.29) is 17.0 Å². The van der Waals surface area contributed by atoms with Crippen molar-refractivity contribution in [1.82, 2.24) is 15.2 Å². The molecule has 84 valence electrons.